The molecule has 2 aliphatic rings. The number of methoxy groups -OCH3 is 1. The summed E-state index contributed by atoms with van der Waals surface area (Å²) in [7, 11) is 1.62. The minimum absolute atomic E-state index is 0.0126. The molecule has 35 heavy (non-hydrogen) atoms. The number of benzene rings is 2. The molecule has 2 saturated heterocycles. The number of piperidine rings is 1. The molecule has 0 bridgehead atoms. The van der Waals surface area contributed by atoms with E-state index >= 15 is 0 Å². The highest BCUT2D eigenvalue weighted by molar-refractivity contribution is 5.92. The van der Waals surface area contributed by atoms with Crippen LogP contribution in [0, 0.1) is 5.82 Å². The van der Waals surface area contributed by atoms with Crippen molar-refractivity contribution in [1.82, 2.24) is 10.2 Å². The van der Waals surface area contributed by atoms with Gasteiger partial charge in [-0.25, -0.2) is 4.39 Å². The molecule has 1 amide bonds. The standard InChI is InChI=1S/C28H31FN2O4/c1-33-23-8-4-21(5-9-23)25-10-11-26(34-25)27(32)30-18-24-12-13-28(35-24)14-16-31(17-15-28)19-20-2-6-22(29)7-3-20/h2-11,24H,12-19H2,1H3,(H,30,32)/t24-/m0/s1. The number of hydrogen-bond donors (Lipinski definition) is 1. The highest BCUT2D eigenvalue weighted by Crippen LogP contribution is 2.39. The summed E-state index contributed by atoms with van der Waals surface area (Å²) in [5.74, 6) is 1.27. The maximum absolute atomic E-state index is 13.1. The number of amides is 1. The predicted octanol–water partition coefficient (Wildman–Crippen LogP) is 5.04. The predicted molar refractivity (Wildman–Crippen MR) is 131 cm³/mol. The summed E-state index contributed by atoms with van der Waals surface area (Å²) in [6.07, 6.45) is 3.91. The monoisotopic (exact) mass is 478 g/mol. The molecule has 3 aromatic rings. The van der Waals surface area contributed by atoms with E-state index in [0.29, 0.717) is 12.3 Å². The van der Waals surface area contributed by atoms with Crippen molar-refractivity contribution in [2.24, 2.45) is 0 Å². The molecule has 5 rings (SSSR count). The summed E-state index contributed by atoms with van der Waals surface area (Å²) in [6, 6.07) is 17.8. The van der Waals surface area contributed by atoms with Crippen molar-refractivity contribution in [3.63, 3.8) is 0 Å². The van der Waals surface area contributed by atoms with E-state index < -0.39 is 0 Å². The van der Waals surface area contributed by atoms with Gasteiger partial charge in [0.15, 0.2) is 5.76 Å². The summed E-state index contributed by atoms with van der Waals surface area (Å²) in [5, 5.41) is 2.97. The van der Waals surface area contributed by atoms with E-state index in [-0.39, 0.29) is 29.2 Å². The quantitative estimate of drug-likeness (QED) is 0.516. The van der Waals surface area contributed by atoms with Gasteiger partial charge in [-0.15, -0.1) is 0 Å². The van der Waals surface area contributed by atoms with Crippen LogP contribution in [0.1, 0.15) is 41.8 Å². The SMILES string of the molecule is COc1ccc(-c2ccc(C(=O)NC[C@@H]3CCC4(CCN(Cc5ccc(F)cc5)CC4)O3)o2)cc1. The van der Waals surface area contributed by atoms with Crippen LogP contribution in [0.15, 0.2) is 65.1 Å². The van der Waals surface area contributed by atoms with Gasteiger partial charge < -0.3 is 19.2 Å². The fourth-order valence-corrected chi connectivity index (χ4v) is 5.04. The number of carbonyl (C=O) groups is 1. The van der Waals surface area contributed by atoms with Crippen molar-refractivity contribution in [1.29, 1.82) is 0 Å². The Morgan fingerprint density at radius 3 is 2.51 bits per heavy atom. The normalized spacial score (nSPS) is 19.7. The largest absolute Gasteiger partial charge is 0.497 e. The molecule has 3 heterocycles. The Morgan fingerprint density at radius 2 is 1.80 bits per heavy atom. The number of carbonyl (C=O) groups excluding carboxylic acids is 1. The number of furan rings is 1. The van der Waals surface area contributed by atoms with Gasteiger partial charge in [0.2, 0.25) is 0 Å². The smallest absolute Gasteiger partial charge is 0.287 e. The Balaban J connectivity index is 1.08. The van der Waals surface area contributed by atoms with Crippen LogP contribution in [-0.2, 0) is 11.3 Å². The molecule has 6 nitrogen and oxygen atoms in total. The summed E-state index contributed by atoms with van der Waals surface area (Å²) in [4.78, 5) is 15.0. The number of halogens is 1. The van der Waals surface area contributed by atoms with E-state index in [0.717, 1.165) is 62.2 Å². The van der Waals surface area contributed by atoms with Gasteiger partial charge in [0.1, 0.15) is 17.3 Å². The molecule has 0 saturated carbocycles. The molecule has 1 spiro atoms. The molecule has 0 radical (unpaired) electrons. The third-order valence-corrected chi connectivity index (χ3v) is 7.12. The van der Waals surface area contributed by atoms with Gasteiger partial charge in [0.05, 0.1) is 18.8 Å². The fourth-order valence-electron chi connectivity index (χ4n) is 5.04. The number of ether oxygens (including phenoxy) is 2. The first-order chi connectivity index (χ1) is 17.0. The van der Waals surface area contributed by atoms with Gasteiger partial charge in [0, 0.05) is 31.7 Å². The van der Waals surface area contributed by atoms with Crippen molar-refractivity contribution >= 4 is 5.91 Å². The van der Waals surface area contributed by atoms with E-state index in [2.05, 4.69) is 10.2 Å². The van der Waals surface area contributed by atoms with Crippen LogP contribution in [0.5, 0.6) is 5.75 Å². The summed E-state index contributed by atoms with van der Waals surface area (Å²) in [5.41, 5.74) is 1.92. The highest BCUT2D eigenvalue weighted by Gasteiger charge is 2.42. The van der Waals surface area contributed by atoms with Crippen LogP contribution in [0.4, 0.5) is 4.39 Å². The first-order valence-electron chi connectivity index (χ1n) is 12.2. The Kier molecular flexibility index (Phi) is 6.88. The van der Waals surface area contributed by atoms with Crippen LogP contribution >= 0.6 is 0 Å². The van der Waals surface area contributed by atoms with E-state index in [9.17, 15) is 9.18 Å². The van der Waals surface area contributed by atoms with Gasteiger partial charge >= 0.3 is 0 Å². The molecule has 1 N–H and O–H groups in total. The molecule has 1 atom stereocenters. The first kappa shape index (κ1) is 23.6. The lowest BCUT2D eigenvalue weighted by Gasteiger charge is -2.39. The van der Waals surface area contributed by atoms with E-state index in [1.807, 2.05) is 36.4 Å². The molecule has 2 aromatic carbocycles. The lowest BCUT2D eigenvalue weighted by atomic mass is 9.88. The van der Waals surface area contributed by atoms with Crippen LogP contribution in [-0.4, -0.2) is 49.3 Å². The molecule has 7 heteroatoms. The Hall–Kier alpha value is -3.16. The number of nitrogens with one attached hydrogen (secondary N) is 1. The van der Waals surface area contributed by atoms with Gasteiger partial charge in [0.25, 0.3) is 5.91 Å². The zero-order valence-corrected chi connectivity index (χ0v) is 20.0. The maximum Gasteiger partial charge on any atom is 0.287 e. The third kappa shape index (κ3) is 5.57. The van der Waals surface area contributed by atoms with E-state index in [1.165, 1.54) is 12.1 Å². The molecule has 2 aliphatic heterocycles. The number of nitrogens with zero attached hydrogens (tertiary/aromatic N) is 1. The first-order valence-corrected chi connectivity index (χ1v) is 12.2. The van der Waals surface area contributed by atoms with Crippen molar-refractivity contribution in [2.45, 2.75) is 43.9 Å². The van der Waals surface area contributed by atoms with Gasteiger partial charge in [-0.2, -0.15) is 0 Å². The van der Waals surface area contributed by atoms with Crippen molar-refractivity contribution in [2.75, 3.05) is 26.7 Å². The van der Waals surface area contributed by atoms with Crippen LogP contribution < -0.4 is 10.1 Å². The molecule has 2 fully saturated rings. The minimum Gasteiger partial charge on any atom is -0.497 e. The molecular formula is C28H31FN2O4. The Bertz CT molecular complexity index is 1130. The van der Waals surface area contributed by atoms with Gasteiger partial charge in [-0.1, -0.05) is 12.1 Å². The topological polar surface area (TPSA) is 63.9 Å². The minimum atomic E-state index is -0.233. The van der Waals surface area contributed by atoms with Crippen LogP contribution in [0.2, 0.25) is 0 Å². The van der Waals surface area contributed by atoms with Crippen LogP contribution in [0.3, 0.4) is 0 Å². The fraction of sp³-hybridized carbons (Fsp3) is 0.393. The average molecular weight is 479 g/mol. The lowest BCUT2D eigenvalue weighted by molar-refractivity contribution is -0.0764. The van der Waals surface area contributed by atoms with Crippen molar-refractivity contribution in [3.05, 3.63) is 77.8 Å². The molecule has 184 valence electrons. The summed E-state index contributed by atoms with van der Waals surface area (Å²) < 4.78 is 30.6. The van der Waals surface area contributed by atoms with Crippen molar-refractivity contribution in [3.8, 4) is 17.1 Å². The lowest BCUT2D eigenvalue weighted by Crippen LogP contribution is -2.44. The van der Waals surface area contributed by atoms with E-state index in [4.69, 9.17) is 13.9 Å². The highest BCUT2D eigenvalue weighted by atomic mass is 19.1. The summed E-state index contributed by atoms with van der Waals surface area (Å²) in [6.45, 7) is 3.21. The second kappa shape index (κ2) is 10.2. The molecule has 0 unspecified atom stereocenters. The second-order valence-corrected chi connectivity index (χ2v) is 9.47. The Labute approximate surface area is 205 Å². The zero-order valence-electron chi connectivity index (χ0n) is 20.0. The number of likely N-dealkylation sites (tertiary alicyclic amines) is 1. The number of rotatable bonds is 7. The van der Waals surface area contributed by atoms with Crippen molar-refractivity contribution < 1.29 is 23.1 Å². The van der Waals surface area contributed by atoms with Gasteiger partial charge in [-0.05, 0) is 79.8 Å². The summed E-state index contributed by atoms with van der Waals surface area (Å²) >= 11 is 0. The molecular weight excluding hydrogens is 447 g/mol. The average Bonchev–Trinajstić information content (AvgIpc) is 3.54. The van der Waals surface area contributed by atoms with E-state index in [1.54, 1.807) is 19.2 Å². The second-order valence-electron chi connectivity index (χ2n) is 9.47. The third-order valence-electron chi connectivity index (χ3n) is 7.12. The Morgan fingerprint density at radius 1 is 1.06 bits per heavy atom. The molecule has 0 aliphatic carbocycles. The molecule has 1 aromatic heterocycles. The number of hydrogen-bond acceptors (Lipinski definition) is 5. The zero-order chi connectivity index (χ0) is 24.3. The van der Waals surface area contributed by atoms with Crippen LogP contribution in [0.25, 0.3) is 11.3 Å². The maximum atomic E-state index is 13.1. The van der Waals surface area contributed by atoms with Gasteiger partial charge in [-0.3, -0.25) is 9.69 Å².